The average molecular weight is 795 g/mol. The van der Waals surface area contributed by atoms with Crippen LogP contribution in [-0.4, -0.2) is 59.7 Å². The second-order valence-corrected chi connectivity index (χ2v) is 16.3. The number of fused-ring (bicyclic) bond motifs is 8. The molecule has 4 aliphatic rings. The van der Waals surface area contributed by atoms with Crippen molar-refractivity contribution in [2.24, 2.45) is 0 Å². The maximum atomic E-state index is 13.5. The minimum absolute atomic E-state index is 0.471. The fourth-order valence-electron chi connectivity index (χ4n) is 9.58. The summed E-state index contributed by atoms with van der Waals surface area (Å²) in [5.41, 5.74) is 9.34. The number of methoxy groups -OCH3 is 1. The minimum atomic E-state index is -4.39. The minimum Gasteiger partial charge on any atom is -0.497 e. The highest BCUT2D eigenvalue weighted by Gasteiger charge is 2.45. The lowest BCUT2D eigenvalue weighted by Crippen LogP contribution is -2.37. The van der Waals surface area contributed by atoms with Crippen molar-refractivity contribution >= 4 is 28.2 Å². The first-order valence-corrected chi connectivity index (χ1v) is 20.3. The number of halogens is 3. The van der Waals surface area contributed by atoms with Crippen LogP contribution in [0.4, 0.5) is 24.5 Å². The summed E-state index contributed by atoms with van der Waals surface area (Å²) in [6, 6.07) is 35.4. The summed E-state index contributed by atoms with van der Waals surface area (Å²) in [4.78, 5) is 4.73. The second-order valence-electron chi connectivity index (χ2n) is 16.3. The number of nitrogens with zero attached hydrogens (tertiary/aromatic N) is 2. The quantitative estimate of drug-likeness (QED) is 0.167. The zero-order chi connectivity index (χ0) is 40.5. The smallest absolute Gasteiger partial charge is 0.416 e. The van der Waals surface area contributed by atoms with Gasteiger partial charge in [0.1, 0.15) is 11.5 Å². The topological polar surface area (TPSA) is 43.4 Å². The molecular formula is C50H45F3N2O4. The van der Waals surface area contributed by atoms with Gasteiger partial charge >= 0.3 is 6.18 Å². The maximum Gasteiger partial charge on any atom is 0.416 e. The number of ether oxygens (including phenoxy) is 4. The van der Waals surface area contributed by atoms with Crippen molar-refractivity contribution in [1.29, 1.82) is 0 Å². The third kappa shape index (κ3) is 6.25. The summed E-state index contributed by atoms with van der Waals surface area (Å²) >= 11 is 0. The van der Waals surface area contributed by atoms with Gasteiger partial charge in [0, 0.05) is 65.0 Å². The Kier molecular flexibility index (Phi) is 9.03. The fraction of sp³-hybridized carbons (Fsp3) is 0.280. The first kappa shape index (κ1) is 37.5. The first-order chi connectivity index (χ1) is 28.5. The maximum absolute atomic E-state index is 13.5. The number of benzene rings is 6. The molecule has 0 saturated carbocycles. The number of hydrogen-bond donors (Lipinski definition) is 0. The molecule has 0 spiro atoms. The predicted octanol–water partition coefficient (Wildman–Crippen LogP) is 10.9. The van der Waals surface area contributed by atoms with Crippen molar-refractivity contribution in [2.75, 3.05) is 69.5 Å². The Labute approximate surface area is 342 Å². The molecule has 6 nitrogen and oxygen atoms in total. The SMILES string of the molecule is COc1ccc(C2(c3ccc(N4CCOCC4)cc3)C=Cc3c4c(c5ccc(N6CCOCC6)cc5c3O2)-c2ccc(-c3ccc(C(F)(F)F)cc3)cc2C4(C)C)cc1. The van der Waals surface area contributed by atoms with Gasteiger partial charge in [0.15, 0.2) is 5.60 Å². The van der Waals surface area contributed by atoms with Gasteiger partial charge in [0.05, 0.1) is 39.1 Å². The summed E-state index contributed by atoms with van der Waals surface area (Å²) < 4.78 is 65.0. The molecule has 0 aromatic heterocycles. The van der Waals surface area contributed by atoms with Crippen LogP contribution >= 0.6 is 0 Å². The number of hydrogen-bond acceptors (Lipinski definition) is 6. The van der Waals surface area contributed by atoms with Crippen molar-refractivity contribution < 1.29 is 32.1 Å². The van der Waals surface area contributed by atoms with Gasteiger partial charge in [-0.25, -0.2) is 0 Å². The van der Waals surface area contributed by atoms with Crippen LogP contribution in [-0.2, 0) is 26.7 Å². The van der Waals surface area contributed by atoms with Crippen LogP contribution in [0.2, 0.25) is 0 Å². The van der Waals surface area contributed by atoms with Crippen molar-refractivity contribution in [2.45, 2.75) is 31.0 Å². The predicted molar refractivity (Wildman–Crippen MR) is 228 cm³/mol. The average Bonchev–Trinajstić information content (AvgIpc) is 3.52. The summed E-state index contributed by atoms with van der Waals surface area (Å²) in [6.07, 6.45) is 0.0589. The fourth-order valence-corrected chi connectivity index (χ4v) is 9.58. The molecule has 3 aliphatic heterocycles. The van der Waals surface area contributed by atoms with Gasteiger partial charge in [0.2, 0.25) is 0 Å². The Morgan fingerprint density at radius 2 is 1.24 bits per heavy atom. The van der Waals surface area contributed by atoms with Crippen LogP contribution in [0.25, 0.3) is 39.1 Å². The van der Waals surface area contributed by atoms with Crippen LogP contribution in [0.1, 0.15) is 47.2 Å². The van der Waals surface area contributed by atoms with Gasteiger partial charge in [-0.05, 0) is 99.4 Å². The summed E-state index contributed by atoms with van der Waals surface area (Å²) in [6.45, 7) is 10.5. The van der Waals surface area contributed by atoms with Crippen LogP contribution in [0.15, 0.2) is 115 Å². The van der Waals surface area contributed by atoms with E-state index in [0.717, 1.165) is 116 Å². The molecule has 1 unspecified atom stereocenters. The monoisotopic (exact) mass is 794 g/mol. The van der Waals surface area contributed by atoms with E-state index in [1.807, 2.05) is 18.2 Å². The zero-order valence-corrected chi connectivity index (χ0v) is 33.4. The summed E-state index contributed by atoms with van der Waals surface area (Å²) in [5.74, 6) is 1.58. The van der Waals surface area contributed by atoms with Gasteiger partial charge in [-0.15, -0.1) is 0 Å². The third-order valence-corrected chi connectivity index (χ3v) is 12.7. The molecule has 3 heterocycles. The molecule has 0 N–H and O–H groups in total. The number of morpholine rings is 2. The van der Waals surface area contributed by atoms with Gasteiger partial charge < -0.3 is 28.7 Å². The van der Waals surface area contributed by atoms with E-state index in [-0.39, 0.29) is 0 Å². The molecule has 0 amide bonds. The summed E-state index contributed by atoms with van der Waals surface area (Å²) in [5, 5.41) is 2.11. The number of rotatable bonds is 6. The molecule has 300 valence electrons. The van der Waals surface area contributed by atoms with E-state index in [9.17, 15) is 13.2 Å². The van der Waals surface area contributed by atoms with Gasteiger partial charge in [-0.2, -0.15) is 13.2 Å². The number of alkyl halides is 3. The standard InChI is InChI=1S/C50H45F3N2O4/c1-48(2)44-30-33(32-4-7-36(8-5-32)50(51,52)53)6-18-41(44)45-40-19-15-38(55-24-28-58-29-25-55)31-43(40)47-42(46(45)48)20-21-49(59-47,35-11-16-39(56-3)17-12-35)34-9-13-37(14-10-34)54-22-26-57-27-23-54/h4-21,30-31H,22-29H2,1-3H3. The molecule has 1 aliphatic carbocycles. The van der Waals surface area contributed by atoms with Crippen LogP contribution < -0.4 is 19.3 Å². The van der Waals surface area contributed by atoms with Crippen LogP contribution in [0.5, 0.6) is 11.5 Å². The normalized spacial score (nSPS) is 19.6. The van der Waals surface area contributed by atoms with E-state index >= 15 is 0 Å². The lowest BCUT2D eigenvalue weighted by atomic mass is 9.76. The van der Waals surface area contributed by atoms with E-state index < -0.39 is 22.8 Å². The molecule has 2 saturated heterocycles. The van der Waals surface area contributed by atoms with Gasteiger partial charge in [-0.3, -0.25) is 0 Å². The van der Waals surface area contributed by atoms with E-state index in [4.69, 9.17) is 18.9 Å². The highest BCUT2D eigenvalue weighted by atomic mass is 19.4. The van der Waals surface area contributed by atoms with E-state index in [0.29, 0.717) is 26.4 Å². The van der Waals surface area contributed by atoms with E-state index in [1.54, 1.807) is 19.2 Å². The summed E-state index contributed by atoms with van der Waals surface area (Å²) in [7, 11) is 1.67. The third-order valence-electron chi connectivity index (χ3n) is 12.7. The molecule has 6 aromatic carbocycles. The highest BCUT2D eigenvalue weighted by Crippen LogP contribution is 2.59. The van der Waals surface area contributed by atoms with E-state index in [1.165, 1.54) is 5.56 Å². The highest BCUT2D eigenvalue weighted by molar-refractivity contribution is 6.09. The van der Waals surface area contributed by atoms with Crippen LogP contribution in [0, 0.1) is 0 Å². The Morgan fingerprint density at radius 1 is 0.644 bits per heavy atom. The molecule has 6 aromatic rings. The molecule has 1 atom stereocenters. The molecule has 0 radical (unpaired) electrons. The van der Waals surface area contributed by atoms with Crippen LogP contribution in [0.3, 0.4) is 0 Å². The largest absolute Gasteiger partial charge is 0.497 e. The van der Waals surface area contributed by atoms with Crippen molar-refractivity contribution in [1.82, 2.24) is 0 Å². The first-order valence-electron chi connectivity index (χ1n) is 20.3. The molecule has 10 rings (SSSR count). The van der Waals surface area contributed by atoms with Gasteiger partial charge in [-0.1, -0.05) is 74.5 Å². The zero-order valence-electron chi connectivity index (χ0n) is 33.4. The Hall–Kier alpha value is -5.77. The number of anilines is 2. The van der Waals surface area contributed by atoms with Gasteiger partial charge in [0.25, 0.3) is 0 Å². The Balaban J connectivity index is 1.16. The molecule has 2 fully saturated rings. The lowest BCUT2D eigenvalue weighted by molar-refractivity contribution is -0.137. The van der Waals surface area contributed by atoms with Crippen molar-refractivity contribution in [3.05, 3.63) is 149 Å². The molecular weight excluding hydrogens is 750 g/mol. The molecule has 9 heteroatoms. The van der Waals surface area contributed by atoms with Crippen molar-refractivity contribution in [3.8, 4) is 33.8 Å². The molecule has 59 heavy (non-hydrogen) atoms. The molecule has 0 bridgehead atoms. The Bertz CT molecular complexity index is 2590. The van der Waals surface area contributed by atoms with E-state index in [2.05, 4.69) is 103 Å². The van der Waals surface area contributed by atoms with Crippen molar-refractivity contribution in [3.63, 3.8) is 0 Å². The lowest BCUT2D eigenvalue weighted by Gasteiger charge is -2.39. The Morgan fingerprint density at radius 3 is 1.86 bits per heavy atom. The second kappa shape index (κ2) is 14.2.